The highest BCUT2D eigenvalue weighted by atomic mass is 15.3. The van der Waals surface area contributed by atoms with E-state index in [2.05, 4.69) is 88.6 Å². The number of fused-ring (bicyclic) bond motifs is 8. The predicted molar refractivity (Wildman–Crippen MR) is 120 cm³/mol. The van der Waals surface area contributed by atoms with Crippen LogP contribution < -0.4 is 0 Å². The number of nitrogens with zero attached hydrogens (tertiary/aromatic N) is 2. The molecule has 1 N–H and O–H groups in total. The van der Waals surface area contributed by atoms with Gasteiger partial charge in [0.2, 0.25) is 0 Å². The summed E-state index contributed by atoms with van der Waals surface area (Å²) in [6.45, 7) is 16.2. The SMILES string of the molecule is CCc1cccc2c1-n1nc(CC)c(C)c1C1(C)C2=C(C)C(C)(C)c2[nH]ccc21. The summed E-state index contributed by atoms with van der Waals surface area (Å²) in [5.41, 5.74) is 13.3. The fraction of sp³-hybridized carbons (Fsp3) is 0.423. The highest BCUT2D eigenvalue weighted by molar-refractivity contribution is 5.91. The summed E-state index contributed by atoms with van der Waals surface area (Å²) >= 11 is 0. The summed E-state index contributed by atoms with van der Waals surface area (Å²) in [7, 11) is 0. The van der Waals surface area contributed by atoms with Gasteiger partial charge in [-0.1, -0.05) is 51.5 Å². The molecule has 1 unspecified atom stereocenters. The molecule has 2 aromatic heterocycles. The van der Waals surface area contributed by atoms with Crippen molar-refractivity contribution in [3.05, 3.63) is 75.4 Å². The second-order valence-electron chi connectivity index (χ2n) is 9.37. The standard InChI is InChI=1S/C26H31N3/c1-8-17-11-10-12-18-21-16(4)25(5,6)23-19(13-14-27-23)26(21,7)24-15(3)20(9-2)28-29(24)22(17)18/h10-14,27H,8-9H2,1-7H3. The smallest absolute Gasteiger partial charge is 0.0756 e. The summed E-state index contributed by atoms with van der Waals surface area (Å²) in [6.07, 6.45) is 4.07. The Hall–Kier alpha value is -2.55. The average Bonchev–Trinajstić information content (AvgIpc) is 3.32. The first-order valence-electron chi connectivity index (χ1n) is 10.9. The summed E-state index contributed by atoms with van der Waals surface area (Å²) in [6, 6.07) is 9.09. The zero-order valence-corrected chi connectivity index (χ0v) is 18.7. The first kappa shape index (κ1) is 18.5. The van der Waals surface area contributed by atoms with Crippen molar-refractivity contribution < 1.29 is 0 Å². The van der Waals surface area contributed by atoms with Crippen molar-refractivity contribution in [3.8, 4) is 5.69 Å². The lowest BCUT2D eigenvalue weighted by atomic mass is 9.57. The third kappa shape index (κ3) is 2.01. The van der Waals surface area contributed by atoms with Gasteiger partial charge in [0, 0.05) is 22.9 Å². The molecule has 0 amide bonds. The number of aryl methyl sites for hydroxylation is 2. The van der Waals surface area contributed by atoms with E-state index in [-0.39, 0.29) is 10.8 Å². The number of H-pyrrole nitrogens is 1. The van der Waals surface area contributed by atoms with Crippen molar-refractivity contribution in [2.24, 2.45) is 0 Å². The van der Waals surface area contributed by atoms with Crippen LogP contribution in [0.3, 0.4) is 0 Å². The van der Waals surface area contributed by atoms with Crippen LogP contribution in [0.4, 0.5) is 0 Å². The molecule has 3 nitrogen and oxygen atoms in total. The molecule has 0 fully saturated rings. The van der Waals surface area contributed by atoms with Gasteiger partial charge in [0.05, 0.1) is 22.5 Å². The van der Waals surface area contributed by atoms with Crippen LogP contribution in [-0.4, -0.2) is 14.8 Å². The van der Waals surface area contributed by atoms with Crippen molar-refractivity contribution in [1.29, 1.82) is 0 Å². The second-order valence-corrected chi connectivity index (χ2v) is 9.37. The van der Waals surface area contributed by atoms with Gasteiger partial charge in [0.15, 0.2) is 0 Å². The van der Waals surface area contributed by atoms with E-state index >= 15 is 0 Å². The topological polar surface area (TPSA) is 33.6 Å². The Morgan fingerprint density at radius 2 is 1.79 bits per heavy atom. The lowest BCUT2D eigenvalue weighted by Crippen LogP contribution is -2.42. The summed E-state index contributed by atoms with van der Waals surface area (Å²) < 4.78 is 2.29. The molecule has 0 saturated carbocycles. The van der Waals surface area contributed by atoms with E-state index in [1.165, 1.54) is 56.2 Å². The molecule has 0 radical (unpaired) electrons. The van der Waals surface area contributed by atoms with Gasteiger partial charge in [-0.2, -0.15) is 5.10 Å². The van der Waals surface area contributed by atoms with Gasteiger partial charge in [0.25, 0.3) is 0 Å². The Labute approximate surface area is 173 Å². The third-order valence-electron chi connectivity index (χ3n) is 7.73. The molecule has 1 aliphatic heterocycles. The number of hydrogen-bond donors (Lipinski definition) is 1. The molecule has 29 heavy (non-hydrogen) atoms. The fourth-order valence-electron chi connectivity index (χ4n) is 5.98. The number of para-hydroxylation sites is 1. The van der Waals surface area contributed by atoms with E-state index < -0.39 is 0 Å². The Morgan fingerprint density at radius 3 is 2.48 bits per heavy atom. The fourth-order valence-corrected chi connectivity index (χ4v) is 5.98. The summed E-state index contributed by atoms with van der Waals surface area (Å²) in [5, 5.41) is 5.16. The van der Waals surface area contributed by atoms with E-state index in [9.17, 15) is 0 Å². The van der Waals surface area contributed by atoms with E-state index in [1.54, 1.807) is 0 Å². The largest absolute Gasteiger partial charge is 0.364 e. The van der Waals surface area contributed by atoms with Crippen LogP contribution in [0, 0.1) is 6.92 Å². The van der Waals surface area contributed by atoms with Gasteiger partial charge in [-0.25, -0.2) is 4.68 Å². The van der Waals surface area contributed by atoms with E-state index in [0.717, 1.165) is 12.8 Å². The Morgan fingerprint density at radius 1 is 1.03 bits per heavy atom. The molecular weight excluding hydrogens is 354 g/mol. The molecule has 5 rings (SSSR count). The molecule has 3 aromatic rings. The van der Waals surface area contributed by atoms with Crippen molar-refractivity contribution >= 4 is 5.57 Å². The average molecular weight is 386 g/mol. The lowest BCUT2D eigenvalue weighted by Gasteiger charge is -2.48. The van der Waals surface area contributed by atoms with Crippen LogP contribution in [0.2, 0.25) is 0 Å². The van der Waals surface area contributed by atoms with Crippen molar-refractivity contribution in [1.82, 2.24) is 14.8 Å². The molecular formula is C26H31N3. The molecule has 3 heteroatoms. The first-order valence-corrected chi connectivity index (χ1v) is 10.9. The number of nitrogens with one attached hydrogen (secondary N) is 1. The second kappa shape index (κ2) is 5.75. The minimum absolute atomic E-state index is 0.0309. The maximum absolute atomic E-state index is 5.16. The van der Waals surface area contributed by atoms with Gasteiger partial charge in [-0.3, -0.25) is 0 Å². The number of hydrogen-bond acceptors (Lipinski definition) is 1. The van der Waals surface area contributed by atoms with Gasteiger partial charge in [0.1, 0.15) is 0 Å². The van der Waals surface area contributed by atoms with Crippen LogP contribution >= 0.6 is 0 Å². The van der Waals surface area contributed by atoms with Crippen LogP contribution in [0.25, 0.3) is 11.3 Å². The highest BCUT2D eigenvalue weighted by Gasteiger charge is 2.52. The normalized spacial score (nSPS) is 21.5. The van der Waals surface area contributed by atoms with Crippen molar-refractivity contribution in [2.75, 3.05) is 0 Å². The zero-order chi connectivity index (χ0) is 20.7. The van der Waals surface area contributed by atoms with Gasteiger partial charge >= 0.3 is 0 Å². The molecule has 1 aromatic carbocycles. The van der Waals surface area contributed by atoms with E-state index in [1.807, 2.05) is 0 Å². The number of aromatic amines is 1. The van der Waals surface area contributed by atoms with Crippen LogP contribution in [0.1, 0.15) is 80.9 Å². The van der Waals surface area contributed by atoms with E-state index in [0.29, 0.717) is 0 Å². The molecule has 150 valence electrons. The van der Waals surface area contributed by atoms with Gasteiger partial charge < -0.3 is 4.98 Å². The van der Waals surface area contributed by atoms with E-state index in [4.69, 9.17) is 5.10 Å². The zero-order valence-electron chi connectivity index (χ0n) is 18.7. The van der Waals surface area contributed by atoms with Crippen molar-refractivity contribution in [2.45, 2.75) is 72.1 Å². The molecule has 0 saturated heterocycles. The third-order valence-corrected chi connectivity index (χ3v) is 7.73. The lowest BCUT2D eigenvalue weighted by molar-refractivity contribution is 0.530. The monoisotopic (exact) mass is 385 g/mol. The molecule has 3 heterocycles. The van der Waals surface area contributed by atoms with Crippen LogP contribution in [-0.2, 0) is 23.7 Å². The Kier molecular flexibility index (Phi) is 3.66. The number of allylic oxidation sites excluding steroid dienone is 2. The van der Waals surface area contributed by atoms with Crippen LogP contribution in [0.15, 0.2) is 36.0 Å². The molecule has 0 bridgehead atoms. The van der Waals surface area contributed by atoms with Crippen molar-refractivity contribution in [3.63, 3.8) is 0 Å². The van der Waals surface area contributed by atoms with Crippen LogP contribution in [0.5, 0.6) is 0 Å². The molecule has 2 aliphatic rings. The number of aromatic nitrogens is 3. The maximum Gasteiger partial charge on any atom is 0.0756 e. The molecule has 1 atom stereocenters. The van der Waals surface area contributed by atoms with Gasteiger partial charge in [-0.15, -0.1) is 0 Å². The molecule has 0 spiro atoms. The molecule has 1 aliphatic carbocycles. The summed E-state index contributed by atoms with van der Waals surface area (Å²) in [5.74, 6) is 0. The predicted octanol–water partition coefficient (Wildman–Crippen LogP) is 6.02. The Bertz CT molecular complexity index is 1180. The van der Waals surface area contributed by atoms with Gasteiger partial charge in [-0.05, 0) is 61.9 Å². The quantitative estimate of drug-likeness (QED) is 0.575. The minimum atomic E-state index is -0.210. The number of benzene rings is 1. The maximum atomic E-state index is 5.16. The highest BCUT2D eigenvalue weighted by Crippen LogP contribution is 2.59. The Balaban J connectivity index is 2.03. The number of rotatable bonds is 2. The summed E-state index contributed by atoms with van der Waals surface area (Å²) in [4.78, 5) is 3.59. The minimum Gasteiger partial charge on any atom is -0.364 e. The first-order chi connectivity index (χ1) is 13.8.